The molecule has 0 heterocycles. The summed E-state index contributed by atoms with van der Waals surface area (Å²) >= 11 is 0. The van der Waals surface area contributed by atoms with Crippen LogP contribution in [0.15, 0.2) is 115 Å². The number of rotatable bonds is 16. The van der Waals surface area contributed by atoms with Crippen LogP contribution in [0.2, 0.25) is 0 Å². The van der Waals surface area contributed by atoms with Gasteiger partial charge >= 0.3 is 11.9 Å². The van der Waals surface area contributed by atoms with Crippen LogP contribution in [0.1, 0.15) is 90.3 Å². The molecule has 6 aromatic carbocycles. The molecule has 6 aromatic rings. The average Bonchev–Trinajstić information content (AvgIpc) is 3.42. The van der Waals surface area contributed by atoms with Gasteiger partial charge in [0.05, 0.1) is 26.7 Å². The van der Waals surface area contributed by atoms with Gasteiger partial charge in [0.1, 0.15) is 18.0 Å². The molecule has 0 radical (unpaired) electrons. The Hall–Kier alpha value is -6.86. The Morgan fingerprint density at radius 3 is 2.35 bits per heavy atom. The molecule has 9 atom stereocenters. The van der Waals surface area contributed by atoms with Gasteiger partial charge in [0.15, 0.2) is 23.0 Å². The van der Waals surface area contributed by atoms with Crippen molar-refractivity contribution in [3.05, 3.63) is 154 Å². The van der Waals surface area contributed by atoms with E-state index in [-0.39, 0.29) is 59.7 Å². The number of allylic oxidation sites excluding steroid dienone is 1. The molecule has 4 aliphatic carbocycles. The molecule has 2 saturated carbocycles. The molecule has 4 aliphatic rings. The number of phenols is 3. The molecule has 0 saturated heterocycles. The van der Waals surface area contributed by atoms with Crippen LogP contribution in [0.5, 0.6) is 28.7 Å². The van der Waals surface area contributed by atoms with Crippen LogP contribution in [0.4, 0.5) is 0 Å². The van der Waals surface area contributed by atoms with E-state index >= 15 is 0 Å². The van der Waals surface area contributed by atoms with Gasteiger partial charge in [-0.25, -0.2) is 0 Å². The maximum Gasteiger partial charge on any atom is 0.310 e. The quantitative estimate of drug-likeness (QED) is 0.0460. The van der Waals surface area contributed by atoms with E-state index in [9.17, 15) is 30.0 Å². The van der Waals surface area contributed by atoms with Crippen molar-refractivity contribution >= 4 is 28.8 Å². The van der Waals surface area contributed by atoms with Crippen LogP contribution in [-0.4, -0.2) is 84.7 Å². The maximum absolute atomic E-state index is 14.7. The highest BCUT2D eigenvalue weighted by atomic mass is 16.6. The zero-order valence-corrected chi connectivity index (χ0v) is 42.6. The molecule has 0 aliphatic heterocycles. The lowest BCUT2D eigenvalue weighted by molar-refractivity contribution is -0.175. The summed E-state index contributed by atoms with van der Waals surface area (Å²) in [6.45, 7) is 6.32. The number of aliphatic hydroxyl groups is 1. The number of ether oxygens (including phenoxy) is 5. The lowest BCUT2D eigenvalue weighted by Gasteiger charge is -2.64. The van der Waals surface area contributed by atoms with E-state index in [1.54, 1.807) is 24.3 Å². The second-order valence-corrected chi connectivity index (χ2v) is 20.7. The van der Waals surface area contributed by atoms with E-state index < -0.39 is 35.7 Å². The van der Waals surface area contributed by atoms with Crippen molar-refractivity contribution in [3.8, 4) is 39.9 Å². The second-order valence-electron chi connectivity index (χ2n) is 20.7. The lowest BCUT2D eigenvalue weighted by atomic mass is 9.40. The van der Waals surface area contributed by atoms with Gasteiger partial charge in [-0.05, 0) is 179 Å². The zero-order valence-electron chi connectivity index (χ0n) is 42.6. The van der Waals surface area contributed by atoms with E-state index in [0.29, 0.717) is 56.9 Å². The number of aromatic hydroxyl groups is 3. The minimum absolute atomic E-state index is 0.00601. The molecule has 0 amide bonds. The van der Waals surface area contributed by atoms with Gasteiger partial charge in [0.2, 0.25) is 0 Å². The summed E-state index contributed by atoms with van der Waals surface area (Å²) in [5.74, 6) is -1.77. The molecule has 5 N–H and O–H groups in total. The number of hydrogen-bond acceptors (Lipinski definition) is 12. The van der Waals surface area contributed by atoms with Gasteiger partial charge in [0.25, 0.3) is 0 Å². The van der Waals surface area contributed by atoms with Crippen LogP contribution in [-0.2, 0) is 49.6 Å². The van der Waals surface area contributed by atoms with Crippen LogP contribution >= 0.6 is 0 Å². The number of hydrogen-bond donors (Lipinski definition) is 5. The van der Waals surface area contributed by atoms with Crippen LogP contribution in [0.25, 0.3) is 28.0 Å². The first-order valence-electron chi connectivity index (χ1n) is 26.1. The van der Waals surface area contributed by atoms with Crippen molar-refractivity contribution in [3.63, 3.8) is 0 Å². The first kappa shape index (κ1) is 50.7. The molecular formula is C62H67NO11. The Bertz CT molecular complexity index is 3060. The normalized spacial score (nSPS) is 24.7. The number of fused-ring (bicyclic) bond motifs is 5. The first-order chi connectivity index (χ1) is 35.9. The summed E-state index contributed by atoms with van der Waals surface area (Å²) in [6, 6.07) is 34.9. The molecule has 12 nitrogen and oxygen atoms in total. The van der Waals surface area contributed by atoms with Crippen LogP contribution < -0.4 is 14.8 Å². The van der Waals surface area contributed by atoms with Crippen LogP contribution in [0.3, 0.4) is 0 Å². The summed E-state index contributed by atoms with van der Waals surface area (Å²) in [4.78, 5) is 28.1. The number of methoxy groups -OCH3 is 2. The largest absolute Gasteiger partial charge is 0.508 e. The Kier molecular flexibility index (Phi) is 14.7. The molecule has 0 aromatic heterocycles. The Balaban J connectivity index is 1.04. The number of esters is 2. The highest BCUT2D eigenvalue weighted by Gasteiger charge is 2.65. The topological polar surface area (TPSA) is 173 Å². The predicted molar refractivity (Wildman–Crippen MR) is 283 cm³/mol. The van der Waals surface area contributed by atoms with Crippen molar-refractivity contribution < 1.29 is 53.7 Å². The van der Waals surface area contributed by atoms with E-state index in [2.05, 4.69) is 41.7 Å². The Labute approximate surface area is 432 Å². The van der Waals surface area contributed by atoms with E-state index in [4.69, 9.17) is 23.7 Å². The highest BCUT2D eigenvalue weighted by molar-refractivity contribution is 5.98. The SMILES string of the molecule is CCOCCCNCc1cccc(-c2cc(O)cc3ccc(CC(=O)OC4CC(OC(C)=O)C5Cc6cc(OC)c(O)cc6C6CC(O)C7Cc8cc(O)c(OC)cc8C(C4)C7C65C=Cc4ccccc4)cc23)c1. The zero-order chi connectivity index (χ0) is 51.7. The Morgan fingerprint density at radius 2 is 1.57 bits per heavy atom. The first-order valence-corrected chi connectivity index (χ1v) is 26.1. The van der Waals surface area contributed by atoms with Gasteiger partial charge in [0, 0.05) is 44.4 Å². The molecule has 0 spiro atoms. The molecule has 10 rings (SSSR count). The van der Waals surface area contributed by atoms with E-state index in [1.165, 1.54) is 21.1 Å². The summed E-state index contributed by atoms with van der Waals surface area (Å²) in [5.41, 5.74) is 7.50. The highest BCUT2D eigenvalue weighted by Crippen LogP contribution is 2.69. The maximum atomic E-state index is 14.7. The number of nitrogens with one attached hydrogen (secondary N) is 1. The molecular weight excluding hydrogens is 935 g/mol. The standard InChI is InChI=1S/C62H67NO11/c1-5-72-20-10-19-63-35-39-13-9-14-40(21-39)47-29-44(65)24-41-16-15-38(22-46(41)47)23-60(69)74-45-30-50-48-33-59(71-4)55(67)27-42(48)25-51-54(66)34-52-49-32-56(68)58(70-3)28-43(49)26-53(57(31-45)73-36(2)64)62(52,61(50)51)18-17-37-11-7-6-8-12-37/h6-9,11-18,21-22,24,27-29,32-33,45,50-54,57,61,63,65-68H,5,10,19-20,23,25-26,30-31,34-35H2,1-4H3. The Morgan fingerprint density at radius 1 is 0.784 bits per heavy atom. The molecule has 0 bridgehead atoms. The summed E-state index contributed by atoms with van der Waals surface area (Å²) in [6.07, 6.45) is 4.87. The third-order valence-electron chi connectivity index (χ3n) is 16.4. The lowest BCUT2D eigenvalue weighted by Crippen LogP contribution is -2.62. The van der Waals surface area contributed by atoms with Crippen molar-refractivity contribution in [2.45, 2.75) is 95.5 Å². The van der Waals surface area contributed by atoms with Gasteiger partial charge in [-0.3, -0.25) is 9.59 Å². The van der Waals surface area contributed by atoms with Gasteiger partial charge < -0.3 is 49.4 Å². The molecule has 386 valence electrons. The van der Waals surface area contributed by atoms with E-state index in [1.807, 2.05) is 67.6 Å². The third kappa shape index (κ3) is 9.95. The van der Waals surface area contributed by atoms with Gasteiger partial charge in [-0.15, -0.1) is 0 Å². The number of carbonyl (C=O) groups is 2. The van der Waals surface area contributed by atoms with Crippen molar-refractivity contribution in [1.82, 2.24) is 5.32 Å². The fourth-order valence-corrected chi connectivity index (χ4v) is 13.5. The number of aliphatic hydroxyl groups excluding tert-OH is 1. The minimum atomic E-state index is -0.790. The molecule has 9 unspecified atom stereocenters. The van der Waals surface area contributed by atoms with Gasteiger partial charge in [-0.2, -0.15) is 0 Å². The number of phenolic OH excluding ortho intramolecular Hbond substituents is 3. The minimum Gasteiger partial charge on any atom is -0.508 e. The van der Waals surface area contributed by atoms with E-state index in [0.717, 1.165) is 73.8 Å². The fraction of sp³-hybridized carbons (Fsp3) is 0.387. The number of carbonyl (C=O) groups excluding carboxylic acids is 2. The van der Waals surface area contributed by atoms with Crippen LogP contribution in [0, 0.1) is 23.2 Å². The van der Waals surface area contributed by atoms with Crippen molar-refractivity contribution in [2.75, 3.05) is 34.0 Å². The van der Waals surface area contributed by atoms with Crippen molar-refractivity contribution in [1.29, 1.82) is 0 Å². The van der Waals surface area contributed by atoms with Gasteiger partial charge in [-0.1, -0.05) is 72.8 Å². The monoisotopic (exact) mass is 1000 g/mol. The number of benzene rings is 6. The second kappa shape index (κ2) is 21.5. The summed E-state index contributed by atoms with van der Waals surface area (Å²) < 4.78 is 30.1. The van der Waals surface area contributed by atoms with Crippen molar-refractivity contribution in [2.24, 2.45) is 23.2 Å². The third-order valence-corrected chi connectivity index (χ3v) is 16.4. The smallest absolute Gasteiger partial charge is 0.310 e. The molecule has 2 fully saturated rings. The predicted octanol–water partition coefficient (Wildman–Crippen LogP) is 10.3. The molecule has 74 heavy (non-hydrogen) atoms. The summed E-state index contributed by atoms with van der Waals surface area (Å²) in [5, 5.41) is 51.3. The summed E-state index contributed by atoms with van der Waals surface area (Å²) in [7, 11) is 3.05. The average molecular weight is 1000 g/mol. The fourth-order valence-electron chi connectivity index (χ4n) is 13.5. The molecule has 12 heteroatoms.